The Morgan fingerprint density at radius 3 is 2.71 bits per heavy atom. The van der Waals surface area contributed by atoms with Gasteiger partial charge >= 0.3 is 0 Å². The summed E-state index contributed by atoms with van der Waals surface area (Å²) in [6, 6.07) is 0.396. The molecule has 1 saturated heterocycles. The minimum absolute atomic E-state index is 0.0946. The molecular formula is C19H28N4O. The summed E-state index contributed by atoms with van der Waals surface area (Å²) in [6.07, 6.45) is 6.65. The number of hydrogen-bond donors (Lipinski definition) is 1. The first-order valence-electron chi connectivity index (χ1n) is 9.41. The maximum atomic E-state index is 12.5. The van der Waals surface area contributed by atoms with Gasteiger partial charge in [0.25, 0.3) is 5.56 Å². The molecule has 0 amide bonds. The van der Waals surface area contributed by atoms with Gasteiger partial charge in [0.05, 0.1) is 11.7 Å². The molecule has 2 aliphatic rings. The molecule has 130 valence electrons. The zero-order chi connectivity index (χ0) is 16.8. The van der Waals surface area contributed by atoms with Crippen LogP contribution >= 0.6 is 0 Å². The van der Waals surface area contributed by atoms with E-state index in [1.165, 1.54) is 35.9 Å². The highest BCUT2D eigenvalue weighted by Gasteiger charge is 2.32. The Labute approximate surface area is 143 Å². The molecule has 1 fully saturated rings. The predicted molar refractivity (Wildman–Crippen MR) is 96.4 cm³/mol. The fraction of sp³-hybridized carbons (Fsp3) is 0.684. The van der Waals surface area contributed by atoms with E-state index in [1.54, 1.807) is 0 Å². The van der Waals surface area contributed by atoms with Crippen LogP contribution in [0.4, 0.5) is 0 Å². The van der Waals surface area contributed by atoms with Crippen LogP contribution in [-0.4, -0.2) is 32.8 Å². The van der Waals surface area contributed by atoms with Crippen LogP contribution in [0, 0.1) is 5.92 Å². The van der Waals surface area contributed by atoms with Crippen molar-refractivity contribution >= 4 is 11.0 Å². The van der Waals surface area contributed by atoms with Crippen molar-refractivity contribution in [1.29, 1.82) is 0 Å². The zero-order valence-corrected chi connectivity index (χ0v) is 15.1. The number of aryl methyl sites for hydroxylation is 2. The summed E-state index contributed by atoms with van der Waals surface area (Å²) in [7, 11) is 1.96. The molecule has 2 aromatic heterocycles. The molecule has 0 radical (unpaired) electrons. The molecule has 1 aliphatic carbocycles. The van der Waals surface area contributed by atoms with Crippen LogP contribution in [0.1, 0.15) is 62.4 Å². The van der Waals surface area contributed by atoms with E-state index in [9.17, 15) is 4.79 Å². The maximum absolute atomic E-state index is 12.5. The number of fused-ring (bicyclic) bond motifs is 3. The van der Waals surface area contributed by atoms with Crippen LogP contribution < -0.4 is 5.56 Å². The second-order valence-corrected chi connectivity index (χ2v) is 7.90. The molecule has 1 atom stereocenters. The third-order valence-corrected chi connectivity index (χ3v) is 5.63. The Kier molecular flexibility index (Phi) is 3.99. The lowest BCUT2D eigenvalue weighted by Crippen LogP contribution is -2.28. The summed E-state index contributed by atoms with van der Waals surface area (Å²) in [4.78, 5) is 18.2. The fourth-order valence-electron chi connectivity index (χ4n) is 4.66. The summed E-state index contributed by atoms with van der Waals surface area (Å²) in [5, 5.41) is 6.13. The first-order chi connectivity index (χ1) is 11.6. The molecule has 0 aromatic carbocycles. The molecule has 3 heterocycles. The molecule has 0 bridgehead atoms. The third kappa shape index (κ3) is 2.50. The van der Waals surface area contributed by atoms with E-state index >= 15 is 0 Å². The normalized spacial score (nSPS) is 21.8. The fourth-order valence-corrected chi connectivity index (χ4v) is 4.66. The smallest absolute Gasteiger partial charge is 0.253 e. The highest BCUT2D eigenvalue weighted by molar-refractivity contribution is 5.84. The van der Waals surface area contributed by atoms with Gasteiger partial charge in [0.15, 0.2) is 0 Å². The molecule has 4 rings (SSSR count). The molecule has 1 aliphatic heterocycles. The molecule has 24 heavy (non-hydrogen) atoms. The number of nitrogens with zero attached hydrogens (tertiary/aromatic N) is 3. The van der Waals surface area contributed by atoms with Crippen LogP contribution in [0.15, 0.2) is 4.79 Å². The second kappa shape index (κ2) is 6.03. The van der Waals surface area contributed by atoms with E-state index in [2.05, 4.69) is 23.7 Å². The average molecular weight is 328 g/mol. The lowest BCUT2D eigenvalue weighted by molar-refractivity contribution is 0.225. The number of hydrogen-bond acceptors (Lipinski definition) is 3. The van der Waals surface area contributed by atoms with E-state index in [-0.39, 0.29) is 5.56 Å². The summed E-state index contributed by atoms with van der Waals surface area (Å²) >= 11 is 0. The number of aromatic nitrogens is 3. The summed E-state index contributed by atoms with van der Waals surface area (Å²) in [5.41, 5.74) is 4.49. The molecule has 5 nitrogen and oxygen atoms in total. The summed E-state index contributed by atoms with van der Waals surface area (Å²) in [6.45, 7) is 6.84. The molecule has 5 heteroatoms. The lowest BCUT2D eigenvalue weighted by atomic mass is 9.89. The van der Waals surface area contributed by atoms with E-state index in [1.807, 2.05) is 11.7 Å². The monoisotopic (exact) mass is 328 g/mol. The van der Waals surface area contributed by atoms with Crippen molar-refractivity contribution in [2.75, 3.05) is 13.1 Å². The van der Waals surface area contributed by atoms with Crippen molar-refractivity contribution in [1.82, 2.24) is 19.7 Å². The van der Waals surface area contributed by atoms with Crippen LogP contribution in [0.5, 0.6) is 0 Å². The van der Waals surface area contributed by atoms with Crippen LogP contribution in [0.2, 0.25) is 0 Å². The number of aromatic amines is 1. The van der Waals surface area contributed by atoms with Gasteiger partial charge in [0, 0.05) is 24.5 Å². The van der Waals surface area contributed by atoms with Crippen LogP contribution in [0.25, 0.3) is 11.0 Å². The zero-order valence-electron chi connectivity index (χ0n) is 15.1. The molecule has 2 aromatic rings. The number of pyridine rings is 1. The van der Waals surface area contributed by atoms with Gasteiger partial charge in [-0.2, -0.15) is 5.10 Å². The van der Waals surface area contributed by atoms with Gasteiger partial charge < -0.3 is 4.98 Å². The number of rotatable bonds is 3. The van der Waals surface area contributed by atoms with Gasteiger partial charge in [-0.25, -0.2) is 0 Å². The average Bonchev–Trinajstić information content (AvgIpc) is 3.12. The minimum atomic E-state index is 0.0946. The first-order valence-corrected chi connectivity index (χ1v) is 9.41. The van der Waals surface area contributed by atoms with E-state index in [0.717, 1.165) is 43.6 Å². The van der Waals surface area contributed by atoms with Crippen molar-refractivity contribution in [3.63, 3.8) is 0 Å². The topological polar surface area (TPSA) is 53.9 Å². The Morgan fingerprint density at radius 1 is 1.21 bits per heavy atom. The van der Waals surface area contributed by atoms with Crippen molar-refractivity contribution in [3.8, 4) is 0 Å². The van der Waals surface area contributed by atoms with Crippen LogP contribution in [-0.2, 0) is 19.9 Å². The van der Waals surface area contributed by atoms with Gasteiger partial charge in [-0.05, 0) is 56.6 Å². The van der Waals surface area contributed by atoms with Gasteiger partial charge in [0.1, 0.15) is 5.65 Å². The van der Waals surface area contributed by atoms with E-state index in [0.29, 0.717) is 12.0 Å². The number of H-pyrrole nitrogens is 1. The lowest BCUT2D eigenvalue weighted by Gasteiger charge is -2.26. The number of nitrogens with one attached hydrogen (secondary N) is 1. The van der Waals surface area contributed by atoms with Gasteiger partial charge in [-0.15, -0.1) is 0 Å². The molecule has 1 N–H and O–H groups in total. The quantitative estimate of drug-likeness (QED) is 0.942. The first kappa shape index (κ1) is 15.9. The largest absolute Gasteiger partial charge is 0.307 e. The van der Waals surface area contributed by atoms with Gasteiger partial charge in [0.2, 0.25) is 0 Å². The van der Waals surface area contributed by atoms with E-state index in [4.69, 9.17) is 5.10 Å². The van der Waals surface area contributed by atoms with Crippen molar-refractivity contribution in [3.05, 3.63) is 27.2 Å². The molecular weight excluding hydrogens is 300 g/mol. The van der Waals surface area contributed by atoms with Crippen molar-refractivity contribution in [2.45, 2.75) is 58.4 Å². The Bertz CT molecular complexity index is 817. The van der Waals surface area contributed by atoms with Crippen LogP contribution in [0.3, 0.4) is 0 Å². The SMILES string of the molecule is CC(C)CN1CCC[C@H]1c1nn(C)c2[nH]c(=O)c3c(c12)CCCC3. The maximum Gasteiger partial charge on any atom is 0.253 e. The Morgan fingerprint density at radius 2 is 1.96 bits per heavy atom. The standard InChI is InChI=1S/C19H28N4O/c1-12(2)11-23-10-6-9-15(23)17-16-13-7-4-5-8-14(13)19(24)20-18(16)22(3)21-17/h12,15H,4-11H2,1-3H3,(H,20,24)/t15-/m0/s1. The highest BCUT2D eigenvalue weighted by atomic mass is 16.1. The van der Waals surface area contributed by atoms with E-state index < -0.39 is 0 Å². The molecule has 0 saturated carbocycles. The summed E-state index contributed by atoms with van der Waals surface area (Å²) in [5.74, 6) is 0.661. The van der Waals surface area contributed by atoms with Gasteiger partial charge in [-0.1, -0.05) is 13.8 Å². The third-order valence-electron chi connectivity index (χ3n) is 5.63. The minimum Gasteiger partial charge on any atom is -0.307 e. The van der Waals surface area contributed by atoms with Crippen molar-refractivity contribution < 1.29 is 0 Å². The second-order valence-electron chi connectivity index (χ2n) is 7.90. The summed E-state index contributed by atoms with van der Waals surface area (Å²) < 4.78 is 1.88. The Hall–Kier alpha value is -1.62. The molecule has 0 spiro atoms. The van der Waals surface area contributed by atoms with Gasteiger partial charge in [-0.3, -0.25) is 14.4 Å². The Balaban J connectivity index is 1.88. The van der Waals surface area contributed by atoms with Crippen molar-refractivity contribution in [2.24, 2.45) is 13.0 Å². The molecule has 0 unspecified atom stereocenters. The highest BCUT2D eigenvalue weighted by Crippen LogP contribution is 2.37. The predicted octanol–water partition coefficient (Wildman–Crippen LogP) is 2.93. The number of likely N-dealkylation sites (tertiary alicyclic amines) is 1.